The molecule has 0 aliphatic heterocycles. The summed E-state index contributed by atoms with van der Waals surface area (Å²) in [5, 5.41) is 53.6. The van der Waals surface area contributed by atoms with Crippen LogP contribution in [0.15, 0.2) is 0 Å². The van der Waals surface area contributed by atoms with E-state index in [4.69, 9.17) is 59.4 Å². The van der Waals surface area contributed by atoms with E-state index < -0.39 is 35.8 Å². The minimum atomic E-state index is -2.19. The Morgan fingerprint density at radius 1 is 0.375 bits per heavy atom. The molecule has 134 valence electrons. The smallest absolute Gasteiger partial charge is 0.543 e. The standard InChI is InChI=1S/3C2H2O4.Ba.4H2O.Zr/c3*3-1(4)2(5)6;;;;;;/h3*(H,3,4)(H,5,6);;4*1H2;/q;;;+2;;;;;+4/p-6. The second kappa shape index (κ2) is 33.7. The van der Waals surface area contributed by atoms with E-state index in [0.29, 0.717) is 0 Å². The van der Waals surface area contributed by atoms with Gasteiger partial charge in [0.2, 0.25) is 0 Å². The molecule has 16 nitrogen and oxygen atoms in total. The van der Waals surface area contributed by atoms with Crippen LogP contribution in [-0.2, 0) is 55.0 Å². The molecule has 0 bridgehead atoms. The molecule has 0 fully saturated rings. The summed E-state index contributed by atoms with van der Waals surface area (Å²) in [5.41, 5.74) is 0. The van der Waals surface area contributed by atoms with Gasteiger partial charge in [0.15, 0.2) is 0 Å². The number of hydrogen-bond donors (Lipinski definition) is 0. The van der Waals surface area contributed by atoms with Crippen LogP contribution in [0.1, 0.15) is 0 Å². The van der Waals surface area contributed by atoms with Crippen molar-refractivity contribution in [3.8, 4) is 0 Å². The predicted molar refractivity (Wildman–Crippen MR) is 50.3 cm³/mol. The zero-order chi connectivity index (χ0) is 15.5. The summed E-state index contributed by atoms with van der Waals surface area (Å²) in [6.45, 7) is 0. The Morgan fingerprint density at radius 3 is 0.417 bits per heavy atom. The van der Waals surface area contributed by atoms with Gasteiger partial charge >= 0.3 is 75.1 Å². The minimum absolute atomic E-state index is 0. The number of carbonyl (C=O) groups excluding carboxylic acids is 6. The second-order valence-corrected chi connectivity index (χ2v) is 1.72. The van der Waals surface area contributed by atoms with Crippen LogP contribution in [0.5, 0.6) is 0 Å². The zero-order valence-electron chi connectivity index (χ0n) is 11.1. The van der Waals surface area contributed by atoms with Gasteiger partial charge in [-0.15, -0.1) is 0 Å². The predicted octanol–water partition coefficient (Wildman–Crippen LogP) is -14.2. The van der Waals surface area contributed by atoms with Crippen molar-refractivity contribution in [1.82, 2.24) is 0 Å². The zero-order valence-corrected chi connectivity index (χ0v) is 18.0. The van der Waals surface area contributed by atoms with E-state index in [0.717, 1.165) is 0 Å². The Hall–Kier alpha value is -0.885. The van der Waals surface area contributed by atoms with Crippen LogP contribution in [-0.4, -0.2) is 107 Å². The molecule has 0 unspecified atom stereocenters. The summed E-state index contributed by atoms with van der Waals surface area (Å²) >= 11 is 0. The summed E-state index contributed by atoms with van der Waals surface area (Å²) < 4.78 is 0. The largest absolute Gasteiger partial charge is 4.00 e. The van der Waals surface area contributed by atoms with Gasteiger partial charge in [-0.3, -0.25) is 0 Å². The van der Waals surface area contributed by atoms with Crippen molar-refractivity contribution in [3.63, 3.8) is 0 Å². The molecule has 0 aliphatic carbocycles. The quantitative estimate of drug-likeness (QED) is 0.195. The summed E-state index contributed by atoms with van der Waals surface area (Å²) in [7, 11) is 0. The van der Waals surface area contributed by atoms with Crippen LogP contribution in [0.25, 0.3) is 0 Å². The molecular weight excluding hydrogens is 557 g/mol. The van der Waals surface area contributed by atoms with Crippen molar-refractivity contribution < 1.29 is 108 Å². The van der Waals surface area contributed by atoms with Gasteiger partial charge in [0.05, 0.1) is 35.8 Å². The maximum atomic E-state index is 8.93. The summed E-state index contributed by atoms with van der Waals surface area (Å²) in [4.78, 5) is 53.6. The topological polar surface area (TPSA) is 367 Å². The fourth-order valence-corrected chi connectivity index (χ4v) is 0. The number of hydrogen-bond acceptors (Lipinski definition) is 12. The maximum Gasteiger partial charge on any atom is 4.00 e. The second-order valence-electron chi connectivity index (χ2n) is 1.72. The fraction of sp³-hybridized carbons (Fsp3) is 0. The van der Waals surface area contributed by atoms with Gasteiger partial charge in [-0.25, -0.2) is 0 Å². The third kappa shape index (κ3) is 69.2. The van der Waals surface area contributed by atoms with Gasteiger partial charge in [-0.2, -0.15) is 0 Å². The van der Waals surface area contributed by atoms with Gasteiger partial charge in [0.25, 0.3) is 0 Å². The minimum Gasteiger partial charge on any atom is -0.543 e. The normalized spacial score (nSPS) is 5.50. The average Bonchev–Trinajstić information content (AvgIpc) is 2.18. The van der Waals surface area contributed by atoms with E-state index in [9.17, 15) is 0 Å². The molecule has 0 aromatic rings. The number of aliphatic carboxylic acids is 6. The van der Waals surface area contributed by atoms with Crippen LogP contribution in [0, 0.1) is 0 Å². The molecule has 0 atom stereocenters. The van der Waals surface area contributed by atoms with Crippen LogP contribution in [0.4, 0.5) is 0 Å². The van der Waals surface area contributed by atoms with Crippen molar-refractivity contribution in [2.75, 3.05) is 0 Å². The SMILES string of the molecule is O.O.O.O.O=C([O-])C(=O)[O-].O=C([O-])C(=O)[O-].O=C([O-])C(=O)[O-].[Ba+2].[Zr+4]. The Balaban J connectivity index is -0.0000000179. The van der Waals surface area contributed by atoms with Crippen LogP contribution in [0.2, 0.25) is 0 Å². The average molecular weight is 565 g/mol. The summed E-state index contributed by atoms with van der Waals surface area (Å²) in [6, 6.07) is 0. The Kier molecular flexibility index (Phi) is 79.6. The first-order valence-corrected chi connectivity index (χ1v) is 3.20. The first-order valence-electron chi connectivity index (χ1n) is 3.20. The van der Waals surface area contributed by atoms with Crippen LogP contribution >= 0.6 is 0 Å². The van der Waals surface area contributed by atoms with Gasteiger partial charge in [-0.1, -0.05) is 0 Å². The third-order valence-corrected chi connectivity index (χ3v) is 0.500. The fourth-order valence-electron chi connectivity index (χ4n) is 0. The number of carbonyl (C=O) groups is 6. The number of carboxylic acid groups (broad SMARTS) is 6. The molecule has 0 saturated heterocycles. The molecule has 0 aliphatic rings. The number of rotatable bonds is 0. The molecule has 8 N–H and O–H groups in total. The van der Waals surface area contributed by atoms with Crippen molar-refractivity contribution in [2.24, 2.45) is 0 Å². The van der Waals surface area contributed by atoms with Crippen molar-refractivity contribution >= 4 is 84.7 Å². The van der Waals surface area contributed by atoms with Crippen molar-refractivity contribution in [3.05, 3.63) is 0 Å². The van der Waals surface area contributed by atoms with Gasteiger partial charge in [0.1, 0.15) is 0 Å². The first-order chi connectivity index (χ1) is 7.93. The molecule has 0 saturated carbocycles. The van der Waals surface area contributed by atoms with E-state index in [2.05, 4.69) is 0 Å². The van der Waals surface area contributed by atoms with E-state index in [1.807, 2.05) is 0 Å². The Bertz CT molecular complexity index is 286. The first kappa shape index (κ1) is 56.7. The summed E-state index contributed by atoms with van der Waals surface area (Å²) in [6.07, 6.45) is 0. The molecule has 0 amide bonds. The molecular formula is C6H8BaO16Zr. The molecule has 0 rings (SSSR count). The van der Waals surface area contributed by atoms with E-state index in [-0.39, 0.29) is 97.0 Å². The molecule has 24 heavy (non-hydrogen) atoms. The molecule has 0 aromatic carbocycles. The van der Waals surface area contributed by atoms with Gasteiger partial charge in [-0.05, 0) is 0 Å². The van der Waals surface area contributed by atoms with E-state index >= 15 is 0 Å². The van der Waals surface area contributed by atoms with Gasteiger partial charge < -0.3 is 81.3 Å². The van der Waals surface area contributed by atoms with Crippen LogP contribution < -0.4 is 30.6 Å². The van der Waals surface area contributed by atoms with E-state index in [1.54, 1.807) is 0 Å². The molecule has 18 heteroatoms. The van der Waals surface area contributed by atoms with Crippen molar-refractivity contribution in [2.45, 2.75) is 0 Å². The summed E-state index contributed by atoms with van der Waals surface area (Å²) in [5.74, 6) is -13.1. The van der Waals surface area contributed by atoms with E-state index in [1.165, 1.54) is 0 Å². The van der Waals surface area contributed by atoms with Crippen LogP contribution in [0.3, 0.4) is 0 Å². The molecule has 0 heterocycles. The maximum absolute atomic E-state index is 8.93. The van der Waals surface area contributed by atoms with Gasteiger partial charge in [0, 0.05) is 0 Å². The Morgan fingerprint density at radius 2 is 0.417 bits per heavy atom. The molecule has 0 radical (unpaired) electrons. The third-order valence-electron chi connectivity index (χ3n) is 0.500. The Labute approximate surface area is 190 Å². The number of carboxylic acids is 6. The monoisotopic (exact) mass is 564 g/mol. The van der Waals surface area contributed by atoms with Crippen molar-refractivity contribution in [1.29, 1.82) is 0 Å². The molecule has 0 aromatic heterocycles. The molecule has 0 spiro atoms.